The van der Waals surface area contributed by atoms with Crippen LogP contribution >= 0.6 is 0 Å². The zero-order valence-electron chi connectivity index (χ0n) is 23.0. The Balaban J connectivity index is 1.68. The lowest BCUT2D eigenvalue weighted by atomic mass is 9.85. The molecule has 0 bridgehead atoms. The zero-order chi connectivity index (χ0) is 28.1. The molecule has 1 N–H and O–H groups in total. The maximum atomic E-state index is 14.3. The Hall–Kier alpha value is -4.26. The molecule has 0 spiro atoms. The highest BCUT2D eigenvalue weighted by Gasteiger charge is 2.59. The fourth-order valence-electron chi connectivity index (χ4n) is 5.44. The van der Waals surface area contributed by atoms with Gasteiger partial charge in [0.1, 0.15) is 6.04 Å². The lowest BCUT2D eigenvalue weighted by Gasteiger charge is -2.38. The number of carbonyl (C=O) groups is 2. The number of ether oxygens (including phenoxy) is 2. The van der Waals surface area contributed by atoms with Crippen molar-refractivity contribution in [1.29, 1.82) is 0 Å². The summed E-state index contributed by atoms with van der Waals surface area (Å²) in [5, 5.41) is 3.55. The van der Waals surface area contributed by atoms with Crippen LogP contribution in [-0.4, -0.2) is 31.6 Å². The number of aryl methyl sites for hydroxylation is 1. The van der Waals surface area contributed by atoms with Gasteiger partial charge in [-0.25, -0.2) is 0 Å². The van der Waals surface area contributed by atoms with E-state index in [0.29, 0.717) is 11.3 Å². The molecule has 4 aromatic rings. The van der Waals surface area contributed by atoms with Crippen molar-refractivity contribution in [3.05, 3.63) is 137 Å². The molecule has 1 heterocycles. The quantitative estimate of drug-likeness (QED) is 0.265. The van der Waals surface area contributed by atoms with Crippen LogP contribution in [0, 0.1) is 6.92 Å². The summed E-state index contributed by atoms with van der Waals surface area (Å²) in [6.45, 7) is 4.07. The van der Waals surface area contributed by atoms with E-state index >= 15 is 0 Å². The van der Waals surface area contributed by atoms with Crippen molar-refractivity contribution in [3.63, 3.8) is 0 Å². The number of nitrogens with zero attached hydrogens (tertiary/aromatic N) is 1. The number of benzene rings is 4. The lowest BCUT2D eigenvalue weighted by Crippen LogP contribution is -2.60. The number of fused-ring (bicyclic) bond motifs is 1. The molecule has 204 valence electrons. The molecular weight excluding hydrogens is 500 g/mol. The number of carbonyl (C=O) groups excluding carboxylic acids is 2. The van der Waals surface area contributed by atoms with E-state index in [1.54, 1.807) is 18.9 Å². The predicted molar refractivity (Wildman–Crippen MR) is 156 cm³/mol. The van der Waals surface area contributed by atoms with Gasteiger partial charge in [-0.3, -0.25) is 14.9 Å². The average molecular weight is 535 g/mol. The molecule has 0 radical (unpaired) electrons. The topological polar surface area (TPSA) is 67.9 Å². The Morgan fingerprint density at radius 3 is 2.05 bits per heavy atom. The van der Waals surface area contributed by atoms with Crippen LogP contribution in [0.25, 0.3) is 0 Å². The highest BCUT2D eigenvalue weighted by atomic mass is 16.5. The molecule has 1 aliphatic rings. The van der Waals surface area contributed by atoms with E-state index < -0.39 is 23.7 Å². The molecule has 2 atom stereocenters. The molecule has 6 nitrogen and oxygen atoms in total. The van der Waals surface area contributed by atoms with Crippen LogP contribution in [0.1, 0.15) is 40.8 Å². The average Bonchev–Trinajstić information content (AvgIpc) is 3.20. The minimum atomic E-state index is -1.66. The number of rotatable bonds is 10. The van der Waals surface area contributed by atoms with Crippen LogP contribution in [0.15, 0.2) is 109 Å². The van der Waals surface area contributed by atoms with Crippen LogP contribution in [0.3, 0.4) is 0 Å². The van der Waals surface area contributed by atoms with Gasteiger partial charge in [0.15, 0.2) is 5.60 Å². The third kappa shape index (κ3) is 5.04. The number of para-hydroxylation sites is 1. The minimum Gasteiger partial charge on any atom is -0.465 e. The zero-order valence-corrected chi connectivity index (χ0v) is 23.0. The minimum absolute atomic E-state index is 0.138. The number of likely N-dealkylation sites (N-methyl/N-ethyl adjacent to an activating group) is 1. The van der Waals surface area contributed by atoms with E-state index in [1.165, 1.54) is 0 Å². The standard InChI is InChI=1S/C34H34N2O4/c1-4-39-32(37)31(35-30(25-16-7-5-8-17-25)26-18-9-6-10-19-26)34(40-23-27-20-12-11-15-24(27)2)28-21-13-14-22-29(28)36(3)33(34)38/h5-22,30-31,35H,4,23H2,1-3H3/t31-,34+/m1/s1. The molecule has 40 heavy (non-hydrogen) atoms. The SMILES string of the molecule is CCOC(=O)[C@@H](NC(c1ccccc1)c1ccccc1)[C@]1(OCc2ccccc2C)C(=O)N(C)c2ccccc21. The normalized spacial score (nSPS) is 17.1. The van der Waals surface area contributed by atoms with Gasteiger partial charge in [-0.2, -0.15) is 0 Å². The van der Waals surface area contributed by atoms with Gasteiger partial charge in [-0.15, -0.1) is 0 Å². The van der Waals surface area contributed by atoms with Crippen molar-refractivity contribution in [2.75, 3.05) is 18.6 Å². The molecule has 1 amide bonds. The highest BCUT2D eigenvalue weighted by Crippen LogP contribution is 2.46. The Morgan fingerprint density at radius 1 is 0.850 bits per heavy atom. The van der Waals surface area contributed by atoms with Crippen molar-refractivity contribution in [1.82, 2.24) is 5.32 Å². The Labute approximate surface area is 235 Å². The van der Waals surface area contributed by atoms with Crippen molar-refractivity contribution in [2.24, 2.45) is 0 Å². The van der Waals surface area contributed by atoms with E-state index in [2.05, 4.69) is 5.32 Å². The molecule has 4 aromatic carbocycles. The van der Waals surface area contributed by atoms with Crippen molar-refractivity contribution in [3.8, 4) is 0 Å². The van der Waals surface area contributed by atoms with Crippen LogP contribution < -0.4 is 10.2 Å². The first kappa shape index (κ1) is 27.3. The number of amides is 1. The first-order valence-corrected chi connectivity index (χ1v) is 13.6. The number of hydrogen-bond donors (Lipinski definition) is 1. The summed E-state index contributed by atoms with van der Waals surface area (Å²) in [7, 11) is 1.72. The van der Waals surface area contributed by atoms with Crippen LogP contribution in [-0.2, 0) is 31.3 Å². The largest absolute Gasteiger partial charge is 0.465 e. The van der Waals surface area contributed by atoms with Crippen LogP contribution in [0.2, 0.25) is 0 Å². The molecular formula is C34H34N2O4. The van der Waals surface area contributed by atoms with Crippen molar-refractivity contribution in [2.45, 2.75) is 38.1 Å². The van der Waals surface area contributed by atoms with Gasteiger partial charge >= 0.3 is 5.97 Å². The van der Waals surface area contributed by atoms with Gasteiger partial charge in [0.05, 0.1) is 24.9 Å². The van der Waals surface area contributed by atoms with Gasteiger partial charge in [-0.05, 0) is 42.2 Å². The molecule has 1 aliphatic heterocycles. The summed E-state index contributed by atoms with van der Waals surface area (Å²) >= 11 is 0. The number of esters is 1. The second-order valence-corrected chi connectivity index (χ2v) is 9.94. The molecule has 0 aromatic heterocycles. The third-order valence-electron chi connectivity index (χ3n) is 7.53. The Kier molecular flexibility index (Phi) is 8.10. The summed E-state index contributed by atoms with van der Waals surface area (Å²) < 4.78 is 12.4. The summed E-state index contributed by atoms with van der Waals surface area (Å²) in [4.78, 5) is 29.9. The molecule has 6 heteroatoms. The van der Waals surface area contributed by atoms with Crippen LogP contribution in [0.4, 0.5) is 5.69 Å². The van der Waals surface area contributed by atoms with Crippen molar-refractivity contribution < 1.29 is 19.1 Å². The Morgan fingerprint density at radius 2 is 1.43 bits per heavy atom. The number of hydrogen-bond acceptors (Lipinski definition) is 5. The van der Waals surface area contributed by atoms with E-state index in [0.717, 1.165) is 22.3 Å². The third-order valence-corrected chi connectivity index (χ3v) is 7.53. The smallest absolute Gasteiger partial charge is 0.327 e. The molecule has 0 unspecified atom stereocenters. The van der Waals surface area contributed by atoms with Crippen LogP contribution in [0.5, 0.6) is 0 Å². The number of anilines is 1. The van der Waals surface area contributed by atoms with E-state index in [4.69, 9.17) is 9.47 Å². The highest BCUT2D eigenvalue weighted by molar-refractivity contribution is 6.09. The second kappa shape index (κ2) is 11.9. The summed E-state index contributed by atoms with van der Waals surface area (Å²) in [6.07, 6.45) is 0. The van der Waals surface area contributed by atoms with Crippen molar-refractivity contribution >= 4 is 17.6 Å². The Bertz CT molecular complexity index is 1430. The van der Waals surface area contributed by atoms with Gasteiger partial charge in [-0.1, -0.05) is 103 Å². The molecule has 0 aliphatic carbocycles. The van der Waals surface area contributed by atoms with Gasteiger partial charge in [0.25, 0.3) is 5.91 Å². The lowest BCUT2D eigenvalue weighted by molar-refractivity contribution is -0.169. The fraction of sp³-hybridized carbons (Fsp3) is 0.235. The number of nitrogens with one attached hydrogen (secondary N) is 1. The van der Waals surface area contributed by atoms with Gasteiger partial charge in [0.2, 0.25) is 0 Å². The predicted octanol–water partition coefficient (Wildman–Crippen LogP) is 5.69. The van der Waals surface area contributed by atoms with E-state index in [9.17, 15) is 9.59 Å². The van der Waals surface area contributed by atoms with Gasteiger partial charge in [0, 0.05) is 12.6 Å². The first-order chi connectivity index (χ1) is 19.5. The van der Waals surface area contributed by atoms with Gasteiger partial charge < -0.3 is 14.4 Å². The fourth-order valence-corrected chi connectivity index (χ4v) is 5.44. The second-order valence-electron chi connectivity index (χ2n) is 9.94. The molecule has 0 saturated heterocycles. The van der Waals surface area contributed by atoms with E-state index in [1.807, 2.05) is 116 Å². The molecule has 0 saturated carbocycles. The maximum Gasteiger partial charge on any atom is 0.327 e. The summed E-state index contributed by atoms with van der Waals surface area (Å²) in [6, 6.07) is 33.6. The maximum absolute atomic E-state index is 14.3. The summed E-state index contributed by atoms with van der Waals surface area (Å²) in [5.41, 5.74) is 3.53. The first-order valence-electron chi connectivity index (χ1n) is 13.6. The van der Waals surface area contributed by atoms with E-state index in [-0.39, 0.29) is 19.1 Å². The monoisotopic (exact) mass is 534 g/mol. The molecule has 0 fully saturated rings. The molecule has 5 rings (SSSR count). The summed E-state index contributed by atoms with van der Waals surface area (Å²) in [5.74, 6) is -0.879.